The van der Waals surface area contributed by atoms with Gasteiger partial charge in [0.05, 0.1) is 23.1 Å². The molecule has 1 N–H and O–H groups in total. The number of carbonyl (C=O) groups is 1. The van der Waals surface area contributed by atoms with Crippen LogP contribution in [-0.4, -0.2) is 26.5 Å². The van der Waals surface area contributed by atoms with Gasteiger partial charge in [0, 0.05) is 40.7 Å². The van der Waals surface area contributed by atoms with Crippen LogP contribution in [0.25, 0.3) is 11.3 Å². The van der Waals surface area contributed by atoms with Gasteiger partial charge in [-0.3, -0.25) is 4.79 Å². The molecular weight excluding hydrogens is 466 g/mol. The summed E-state index contributed by atoms with van der Waals surface area (Å²) in [5.41, 5.74) is 1.98. The first kappa shape index (κ1) is 21.1. The van der Waals surface area contributed by atoms with Gasteiger partial charge in [-0.2, -0.15) is 0 Å². The molecule has 2 bridgehead atoms. The number of aliphatic hydroxyl groups excluding tert-OH is 1. The van der Waals surface area contributed by atoms with Crippen molar-refractivity contribution in [2.45, 2.75) is 49.9 Å². The highest BCUT2D eigenvalue weighted by Gasteiger charge is 2.69. The van der Waals surface area contributed by atoms with E-state index in [9.17, 15) is 14.3 Å². The SMILES string of the molecule is O=C(CC12CC(n3cnc(-c4ccc(Cl)c(F)c4)c3)(C1)C2)[C@H]1C[C@@H](O)c2cc(Cl)ccc2O1. The summed E-state index contributed by atoms with van der Waals surface area (Å²) >= 11 is 11.8. The molecule has 1 aromatic heterocycles. The number of fused-ring (bicyclic) bond motifs is 1. The number of aliphatic hydroxyl groups is 1. The topological polar surface area (TPSA) is 64.4 Å². The van der Waals surface area contributed by atoms with E-state index in [1.807, 2.05) is 6.20 Å². The largest absolute Gasteiger partial charge is 0.482 e. The van der Waals surface area contributed by atoms with E-state index in [0.717, 1.165) is 19.3 Å². The molecule has 0 spiro atoms. The molecule has 4 aliphatic rings. The molecule has 8 heteroatoms. The average molecular weight is 487 g/mol. The van der Waals surface area contributed by atoms with Crippen molar-refractivity contribution in [1.29, 1.82) is 0 Å². The van der Waals surface area contributed by atoms with Crippen LogP contribution >= 0.6 is 23.2 Å². The smallest absolute Gasteiger partial charge is 0.173 e. The Bertz CT molecular complexity index is 1270. The molecule has 0 saturated heterocycles. The van der Waals surface area contributed by atoms with Crippen molar-refractivity contribution in [1.82, 2.24) is 9.55 Å². The van der Waals surface area contributed by atoms with Crippen LogP contribution < -0.4 is 4.74 Å². The summed E-state index contributed by atoms with van der Waals surface area (Å²) in [6.45, 7) is 0. The Balaban J connectivity index is 1.11. The fourth-order valence-corrected chi connectivity index (χ4v) is 6.18. The lowest BCUT2D eigenvalue weighted by Crippen LogP contribution is -2.68. The van der Waals surface area contributed by atoms with Crippen LogP contribution in [0.4, 0.5) is 4.39 Å². The van der Waals surface area contributed by atoms with E-state index in [1.165, 1.54) is 12.1 Å². The standard InChI is InChI=1S/C25H21Cl2FN2O3/c26-15-2-4-22-16(6-15)20(31)7-23(33-22)21(32)8-24-10-25(11-24,12-24)30-9-19(29-13-30)14-1-3-17(27)18(28)5-14/h1-6,9,13,20,23,31H,7-8,10-12H2/t20-,23-,24?,25?/m1/s1. The Kier molecular flexibility index (Phi) is 4.67. The maximum absolute atomic E-state index is 13.8. The van der Waals surface area contributed by atoms with Crippen molar-refractivity contribution >= 4 is 29.0 Å². The van der Waals surface area contributed by atoms with Crippen LogP contribution in [0.1, 0.15) is 43.8 Å². The third kappa shape index (κ3) is 3.38. The van der Waals surface area contributed by atoms with Gasteiger partial charge in [-0.1, -0.05) is 29.3 Å². The van der Waals surface area contributed by atoms with E-state index in [-0.39, 0.29) is 28.2 Å². The summed E-state index contributed by atoms with van der Waals surface area (Å²) in [4.78, 5) is 17.5. The summed E-state index contributed by atoms with van der Waals surface area (Å²) < 4.78 is 21.8. The van der Waals surface area contributed by atoms with Crippen molar-refractivity contribution in [3.8, 4) is 17.0 Å². The number of halogens is 3. The zero-order chi connectivity index (χ0) is 23.0. The minimum atomic E-state index is -0.761. The summed E-state index contributed by atoms with van der Waals surface area (Å²) in [5.74, 6) is 0.0912. The van der Waals surface area contributed by atoms with E-state index >= 15 is 0 Å². The Morgan fingerprint density at radius 1 is 1.21 bits per heavy atom. The fraction of sp³-hybridized carbons (Fsp3) is 0.360. The molecule has 3 aliphatic carbocycles. The molecule has 7 rings (SSSR count). The zero-order valence-electron chi connectivity index (χ0n) is 17.6. The molecule has 3 saturated carbocycles. The molecule has 0 radical (unpaired) electrons. The lowest BCUT2D eigenvalue weighted by molar-refractivity contribution is -0.195. The molecule has 3 fully saturated rings. The first-order valence-corrected chi connectivity index (χ1v) is 11.7. The Hall–Kier alpha value is -2.41. The van der Waals surface area contributed by atoms with E-state index < -0.39 is 18.0 Å². The van der Waals surface area contributed by atoms with Gasteiger partial charge in [0.1, 0.15) is 11.6 Å². The predicted molar refractivity (Wildman–Crippen MR) is 122 cm³/mol. The van der Waals surface area contributed by atoms with Crippen LogP contribution in [-0.2, 0) is 10.3 Å². The van der Waals surface area contributed by atoms with E-state index in [4.69, 9.17) is 27.9 Å². The molecule has 0 unspecified atom stereocenters. The number of carbonyl (C=O) groups excluding carboxylic acids is 1. The van der Waals surface area contributed by atoms with E-state index in [1.54, 1.807) is 30.6 Å². The highest BCUT2D eigenvalue weighted by molar-refractivity contribution is 6.31. The third-order valence-corrected chi connectivity index (χ3v) is 7.95. The van der Waals surface area contributed by atoms with Crippen molar-refractivity contribution in [2.75, 3.05) is 0 Å². The zero-order valence-corrected chi connectivity index (χ0v) is 19.1. The first-order chi connectivity index (χ1) is 15.8. The van der Waals surface area contributed by atoms with Gasteiger partial charge in [-0.15, -0.1) is 0 Å². The number of imidazole rings is 1. The number of ketones is 1. The van der Waals surface area contributed by atoms with E-state index in [2.05, 4.69) is 9.55 Å². The summed E-state index contributed by atoms with van der Waals surface area (Å²) in [6.07, 6.45) is 5.72. The Morgan fingerprint density at radius 2 is 2.00 bits per heavy atom. The molecule has 3 aromatic rings. The number of rotatable bonds is 5. The molecule has 1 aliphatic heterocycles. The first-order valence-electron chi connectivity index (χ1n) is 10.9. The quantitative estimate of drug-likeness (QED) is 0.500. The molecule has 33 heavy (non-hydrogen) atoms. The second-order valence-electron chi connectivity index (χ2n) is 9.73. The molecule has 5 nitrogen and oxygen atoms in total. The summed E-state index contributed by atoms with van der Waals surface area (Å²) in [6, 6.07) is 9.77. The van der Waals surface area contributed by atoms with Crippen LogP contribution in [0, 0.1) is 11.2 Å². The van der Waals surface area contributed by atoms with Crippen molar-refractivity contribution in [3.63, 3.8) is 0 Å². The Morgan fingerprint density at radius 3 is 2.76 bits per heavy atom. The molecular formula is C25H21Cl2FN2O3. The summed E-state index contributed by atoms with van der Waals surface area (Å²) in [5, 5.41) is 11.1. The average Bonchev–Trinajstić information content (AvgIpc) is 3.21. The van der Waals surface area contributed by atoms with Gasteiger partial charge >= 0.3 is 0 Å². The second-order valence-corrected chi connectivity index (χ2v) is 10.6. The van der Waals surface area contributed by atoms with Crippen LogP contribution in [0.5, 0.6) is 5.75 Å². The van der Waals surface area contributed by atoms with Gasteiger partial charge in [0.25, 0.3) is 0 Å². The van der Waals surface area contributed by atoms with Gasteiger partial charge in [0.15, 0.2) is 11.9 Å². The van der Waals surface area contributed by atoms with Crippen LogP contribution in [0.2, 0.25) is 10.0 Å². The molecule has 2 atom stereocenters. The van der Waals surface area contributed by atoms with Crippen LogP contribution in [0.15, 0.2) is 48.9 Å². The molecule has 0 amide bonds. The van der Waals surface area contributed by atoms with Crippen molar-refractivity contribution in [3.05, 3.63) is 70.3 Å². The number of Topliss-reactive ketones (excluding diaryl/α,β-unsaturated/α-hetero) is 1. The highest BCUT2D eigenvalue weighted by atomic mass is 35.5. The number of aromatic nitrogens is 2. The maximum atomic E-state index is 13.8. The molecule has 170 valence electrons. The minimum absolute atomic E-state index is 0.0114. The van der Waals surface area contributed by atoms with E-state index in [0.29, 0.717) is 34.0 Å². The number of hydrogen-bond donors (Lipinski definition) is 1. The van der Waals surface area contributed by atoms with Crippen molar-refractivity contribution in [2.24, 2.45) is 5.41 Å². The highest BCUT2D eigenvalue weighted by Crippen LogP contribution is 2.73. The van der Waals surface area contributed by atoms with Gasteiger partial charge in [-0.05, 0) is 55.0 Å². The molecule has 2 heterocycles. The van der Waals surface area contributed by atoms with Gasteiger partial charge in [0.2, 0.25) is 0 Å². The third-order valence-electron chi connectivity index (χ3n) is 7.40. The lowest BCUT2D eigenvalue weighted by Gasteiger charge is -2.71. The second kappa shape index (κ2) is 7.29. The number of ether oxygens (including phenoxy) is 1. The van der Waals surface area contributed by atoms with Gasteiger partial charge in [-0.25, -0.2) is 9.37 Å². The lowest BCUT2D eigenvalue weighted by atomic mass is 9.38. The van der Waals surface area contributed by atoms with Gasteiger partial charge < -0.3 is 14.4 Å². The number of benzene rings is 2. The maximum Gasteiger partial charge on any atom is 0.173 e. The summed E-state index contributed by atoms with van der Waals surface area (Å²) in [7, 11) is 0. The predicted octanol–water partition coefficient (Wildman–Crippen LogP) is 5.72. The Labute approximate surface area is 200 Å². The fourth-order valence-electron chi connectivity index (χ4n) is 5.89. The number of nitrogens with zero attached hydrogens (tertiary/aromatic N) is 2. The number of hydrogen-bond acceptors (Lipinski definition) is 4. The van der Waals surface area contributed by atoms with Crippen molar-refractivity contribution < 1.29 is 19.0 Å². The monoisotopic (exact) mass is 486 g/mol. The minimum Gasteiger partial charge on any atom is -0.482 e. The molecule has 2 aromatic carbocycles. The normalized spacial score (nSPS) is 29.5. The van der Waals surface area contributed by atoms with Crippen LogP contribution in [0.3, 0.4) is 0 Å².